The van der Waals surface area contributed by atoms with Crippen LogP contribution in [0.15, 0.2) is 42.6 Å². The minimum Gasteiger partial charge on any atom is -0.335 e. The highest BCUT2D eigenvalue weighted by molar-refractivity contribution is 6.01. The normalized spacial score (nSPS) is 20.1. The van der Waals surface area contributed by atoms with Gasteiger partial charge in [0.25, 0.3) is 5.91 Å². The highest BCUT2D eigenvalue weighted by Crippen LogP contribution is 2.30. The van der Waals surface area contributed by atoms with Crippen molar-refractivity contribution in [2.75, 3.05) is 57.0 Å². The molecule has 0 unspecified atom stereocenters. The zero-order chi connectivity index (χ0) is 20.4. The van der Waals surface area contributed by atoms with Crippen molar-refractivity contribution in [3.63, 3.8) is 0 Å². The predicted octanol–water partition coefficient (Wildman–Crippen LogP) is 1.15. The third-order valence-electron chi connectivity index (χ3n) is 5.49. The summed E-state index contributed by atoms with van der Waals surface area (Å²) in [6.07, 6.45) is 1.38. The number of hydrogen-bond donors (Lipinski definition) is 2. The fraction of sp³-hybridized carbons (Fsp3) is 0.381. The third-order valence-corrected chi connectivity index (χ3v) is 5.49. The van der Waals surface area contributed by atoms with Gasteiger partial charge >= 0.3 is 0 Å². The number of nitrogens with zero attached hydrogens (tertiary/aromatic N) is 4. The van der Waals surface area contributed by atoms with Crippen LogP contribution in [0.4, 0.5) is 11.5 Å². The number of anilines is 2. The Bertz CT molecular complexity index is 892. The molecule has 8 nitrogen and oxygen atoms in total. The molecule has 0 spiro atoms. The van der Waals surface area contributed by atoms with E-state index in [9.17, 15) is 9.59 Å². The zero-order valence-electron chi connectivity index (χ0n) is 16.8. The van der Waals surface area contributed by atoms with Crippen molar-refractivity contribution in [1.82, 2.24) is 20.1 Å². The van der Waals surface area contributed by atoms with Gasteiger partial charge < -0.3 is 20.4 Å². The largest absolute Gasteiger partial charge is 0.335 e. The fourth-order valence-corrected chi connectivity index (χ4v) is 3.74. The van der Waals surface area contributed by atoms with Crippen LogP contribution in [-0.2, 0) is 4.79 Å². The van der Waals surface area contributed by atoms with Crippen LogP contribution in [0.2, 0.25) is 0 Å². The molecule has 1 aromatic heterocycles. The molecule has 1 saturated heterocycles. The Morgan fingerprint density at radius 1 is 1.14 bits per heavy atom. The summed E-state index contributed by atoms with van der Waals surface area (Å²) in [6.45, 7) is 4.19. The van der Waals surface area contributed by atoms with E-state index in [-0.39, 0.29) is 18.0 Å². The Kier molecular flexibility index (Phi) is 5.46. The Morgan fingerprint density at radius 3 is 2.59 bits per heavy atom. The molecule has 1 atom stereocenters. The van der Waals surface area contributed by atoms with Gasteiger partial charge in [-0.3, -0.25) is 14.5 Å². The lowest BCUT2D eigenvalue weighted by molar-refractivity contribution is -0.117. The van der Waals surface area contributed by atoms with Gasteiger partial charge in [0, 0.05) is 45.1 Å². The van der Waals surface area contributed by atoms with Gasteiger partial charge in [0.1, 0.15) is 12.0 Å². The van der Waals surface area contributed by atoms with Crippen molar-refractivity contribution in [2.45, 2.75) is 6.17 Å². The summed E-state index contributed by atoms with van der Waals surface area (Å²) in [4.78, 5) is 35.5. The van der Waals surface area contributed by atoms with E-state index in [2.05, 4.69) is 32.5 Å². The molecule has 152 valence electrons. The summed E-state index contributed by atoms with van der Waals surface area (Å²) in [7, 11) is 4.00. The summed E-state index contributed by atoms with van der Waals surface area (Å²) in [5.41, 5.74) is 2.24. The molecule has 3 heterocycles. The SMILES string of the molecule is CN1CCN(CC(=O)Nc2ccc([C@H]3NC(=O)c4cccnc4N3C)cc2)CC1. The smallest absolute Gasteiger partial charge is 0.256 e. The van der Waals surface area contributed by atoms with E-state index in [4.69, 9.17) is 0 Å². The van der Waals surface area contributed by atoms with E-state index in [0.717, 1.165) is 37.4 Å². The van der Waals surface area contributed by atoms with Crippen LogP contribution in [0.25, 0.3) is 0 Å². The van der Waals surface area contributed by atoms with E-state index in [1.165, 1.54) is 0 Å². The van der Waals surface area contributed by atoms with Crippen molar-refractivity contribution >= 4 is 23.3 Å². The molecule has 2 N–H and O–H groups in total. The van der Waals surface area contributed by atoms with E-state index >= 15 is 0 Å². The summed E-state index contributed by atoms with van der Waals surface area (Å²) in [5, 5.41) is 5.96. The number of fused-ring (bicyclic) bond motifs is 1. The monoisotopic (exact) mass is 394 g/mol. The minimum absolute atomic E-state index is 0.0106. The van der Waals surface area contributed by atoms with E-state index in [1.54, 1.807) is 18.3 Å². The summed E-state index contributed by atoms with van der Waals surface area (Å²) in [5.74, 6) is 0.509. The lowest BCUT2D eigenvalue weighted by atomic mass is 10.1. The number of aromatic nitrogens is 1. The minimum atomic E-state index is -0.306. The van der Waals surface area contributed by atoms with Gasteiger partial charge in [0.2, 0.25) is 5.91 Å². The van der Waals surface area contributed by atoms with E-state index < -0.39 is 0 Å². The summed E-state index contributed by atoms with van der Waals surface area (Å²) >= 11 is 0. The maximum atomic E-state index is 12.4. The molecule has 0 radical (unpaired) electrons. The molecule has 1 aromatic carbocycles. The lowest BCUT2D eigenvalue weighted by Gasteiger charge is -2.35. The van der Waals surface area contributed by atoms with E-state index in [0.29, 0.717) is 17.9 Å². The molecule has 8 heteroatoms. The molecular weight excluding hydrogens is 368 g/mol. The molecule has 0 saturated carbocycles. The molecule has 2 aromatic rings. The molecule has 0 aliphatic carbocycles. The van der Waals surface area contributed by atoms with Gasteiger partial charge in [-0.2, -0.15) is 0 Å². The second-order valence-electron chi connectivity index (χ2n) is 7.61. The zero-order valence-corrected chi connectivity index (χ0v) is 16.8. The van der Waals surface area contributed by atoms with Crippen LogP contribution >= 0.6 is 0 Å². The topological polar surface area (TPSA) is 80.8 Å². The van der Waals surface area contributed by atoms with Crippen LogP contribution < -0.4 is 15.5 Å². The summed E-state index contributed by atoms with van der Waals surface area (Å²) < 4.78 is 0. The Hall–Kier alpha value is -2.97. The average molecular weight is 394 g/mol. The van der Waals surface area contributed by atoms with Crippen LogP contribution in [0.5, 0.6) is 0 Å². The highest BCUT2D eigenvalue weighted by atomic mass is 16.2. The second kappa shape index (κ2) is 8.18. The van der Waals surface area contributed by atoms with Gasteiger partial charge in [0.15, 0.2) is 0 Å². The number of likely N-dealkylation sites (N-methyl/N-ethyl adjacent to an activating group) is 1. The number of benzene rings is 1. The lowest BCUT2D eigenvalue weighted by Crippen LogP contribution is -2.47. The maximum absolute atomic E-state index is 12.4. The first-order valence-corrected chi connectivity index (χ1v) is 9.81. The van der Waals surface area contributed by atoms with Crippen LogP contribution in [-0.4, -0.2) is 73.4 Å². The maximum Gasteiger partial charge on any atom is 0.256 e. The number of carbonyl (C=O) groups excluding carboxylic acids is 2. The van der Waals surface area contributed by atoms with Crippen molar-refractivity contribution in [3.05, 3.63) is 53.7 Å². The number of amides is 2. The first kappa shape index (κ1) is 19.4. The van der Waals surface area contributed by atoms with Gasteiger partial charge in [-0.1, -0.05) is 12.1 Å². The predicted molar refractivity (Wildman–Crippen MR) is 112 cm³/mol. The fourth-order valence-electron chi connectivity index (χ4n) is 3.74. The Balaban J connectivity index is 1.39. The van der Waals surface area contributed by atoms with Gasteiger partial charge in [0.05, 0.1) is 12.1 Å². The van der Waals surface area contributed by atoms with Crippen molar-refractivity contribution in [3.8, 4) is 0 Å². The Morgan fingerprint density at radius 2 is 1.86 bits per heavy atom. The highest BCUT2D eigenvalue weighted by Gasteiger charge is 2.30. The van der Waals surface area contributed by atoms with Crippen LogP contribution in [0, 0.1) is 0 Å². The summed E-state index contributed by atoms with van der Waals surface area (Å²) in [6, 6.07) is 11.1. The first-order chi connectivity index (χ1) is 14.0. The standard InChI is InChI=1S/C21H26N6O2/c1-25-10-12-27(13-11-25)14-18(28)23-16-7-5-15(6-8-16)19-24-21(29)17-4-3-9-22-20(17)26(19)2/h3-9,19H,10-14H2,1-2H3,(H,23,28)(H,24,29)/t19-/m0/s1. The molecule has 2 aliphatic rings. The van der Waals surface area contributed by atoms with Gasteiger partial charge in [-0.15, -0.1) is 0 Å². The number of hydrogen-bond acceptors (Lipinski definition) is 6. The van der Waals surface area contributed by atoms with Crippen LogP contribution in [0.1, 0.15) is 22.1 Å². The van der Waals surface area contributed by atoms with Gasteiger partial charge in [-0.05, 0) is 36.9 Å². The molecule has 1 fully saturated rings. The number of piperazine rings is 1. The van der Waals surface area contributed by atoms with Crippen molar-refractivity contribution < 1.29 is 9.59 Å². The molecule has 2 amide bonds. The first-order valence-electron chi connectivity index (χ1n) is 9.81. The Labute approximate surface area is 170 Å². The van der Waals surface area contributed by atoms with Gasteiger partial charge in [-0.25, -0.2) is 4.98 Å². The number of rotatable bonds is 4. The van der Waals surface area contributed by atoms with Crippen LogP contribution in [0.3, 0.4) is 0 Å². The molecule has 2 aliphatic heterocycles. The molecule has 4 rings (SSSR count). The van der Waals surface area contributed by atoms with E-state index in [1.807, 2.05) is 36.2 Å². The molecule has 29 heavy (non-hydrogen) atoms. The number of pyridine rings is 1. The van der Waals surface area contributed by atoms with Crippen molar-refractivity contribution in [2.24, 2.45) is 0 Å². The second-order valence-corrected chi connectivity index (χ2v) is 7.61. The number of nitrogens with one attached hydrogen (secondary N) is 2. The average Bonchev–Trinajstić information content (AvgIpc) is 2.73. The molecule has 0 bridgehead atoms. The quantitative estimate of drug-likeness (QED) is 0.810. The molecular formula is C21H26N6O2. The van der Waals surface area contributed by atoms with Crippen molar-refractivity contribution in [1.29, 1.82) is 0 Å². The number of carbonyl (C=O) groups is 2. The third kappa shape index (κ3) is 4.23.